The van der Waals surface area contributed by atoms with E-state index >= 15 is 0 Å². The van der Waals surface area contributed by atoms with Crippen LogP contribution in [-0.4, -0.2) is 23.1 Å². The summed E-state index contributed by atoms with van der Waals surface area (Å²) < 4.78 is 0. The molecule has 1 saturated heterocycles. The summed E-state index contributed by atoms with van der Waals surface area (Å²) >= 11 is 1.58. The third-order valence-electron chi connectivity index (χ3n) is 6.48. The molecule has 0 bridgehead atoms. The Morgan fingerprint density at radius 2 is 1.93 bits per heavy atom. The number of H-pyrrole nitrogens is 1. The lowest BCUT2D eigenvalue weighted by molar-refractivity contribution is -0.924. The molecule has 1 aromatic carbocycles. The Balaban J connectivity index is 1.40. The van der Waals surface area contributed by atoms with E-state index in [-0.39, 0.29) is 5.56 Å². The molecule has 1 aliphatic heterocycles. The molecule has 3 aromatic rings. The molecule has 2 fully saturated rings. The van der Waals surface area contributed by atoms with Crippen molar-refractivity contribution in [3.05, 3.63) is 51.9 Å². The van der Waals surface area contributed by atoms with Crippen molar-refractivity contribution in [3.63, 3.8) is 0 Å². The van der Waals surface area contributed by atoms with Gasteiger partial charge in [0.2, 0.25) is 0 Å². The summed E-state index contributed by atoms with van der Waals surface area (Å²) in [6, 6.07) is 10.1. The van der Waals surface area contributed by atoms with Crippen LogP contribution < -0.4 is 10.5 Å². The summed E-state index contributed by atoms with van der Waals surface area (Å²) in [6.45, 7) is 3.29. The zero-order valence-electron chi connectivity index (χ0n) is 15.5. The predicted molar refractivity (Wildman–Crippen MR) is 110 cm³/mol. The van der Waals surface area contributed by atoms with Gasteiger partial charge < -0.3 is 9.88 Å². The van der Waals surface area contributed by atoms with Gasteiger partial charge in [0, 0.05) is 16.9 Å². The topological polar surface area (TPSA) is 50.2 Å². The minimum absolute atomic E-state index is 0.00190. The van der Waals surface area contributed by atoms with Crippen molar-refractivity contribution in [1.29, 1.82) is 0 Å². The maximum absolute atomic E-state index is 12.8. The number of aromatic nitrogens is 2. The van der Waals surface area contributed by atoms with E-state index in [0.29, 0.717) is 0 Å². The van der Waals surface area contributed by atoms with Crippen LogP contribution in [0.15, 0.2) is 40.5 Å². The Morgan fingerprint density at radius 3 is 2.78 bits per heavy atom. The molecule has 2 aromatic heterocycles. The van der Waals surface area contributed by atoms with Crippen LogP contribution in [0.1, 0.15) is 37.9 Å². The molecule has 0 amide bonds. The standard InChI is InChI=1S/C22H25N3OS/c26-21-20-18(16-7-2-1-3-8-16)14-27-22(20)24-19(23-21)13-25-11-10-15-6-4-5-9-17(15)12-25/h1-3,7-8,14-15,17H,4-6,9-13H2,(H,23,24,26)/p+1/t15-,17+/m0/s1. The lowest BCUT2D eigenvalue weighted by Crippen LogP contribution is -3.12. The van der Waals surface area contributed by atoms with Gasteiger partial charge in [0.1, 0.15) is 11.4 Å². The van der Waals surface area contributed by atoms with Crippen molar-refractivity contribution in [3.8, 4) is 11.1 Å². The number of thiophene rings is 1. The van der Waals surface area contributed by atoms with Crippen LogP contribution in [0.5, 0.6) is 0 Å². The molecule has 1 aliphatic carbocycles. The zero-order valence-corrected chi connectivity index (χ0v) is 16.4. The largest absolute Gasteiger partial charge is 0.328 e. The maximum atomic E-state index is 12.8. The van der Waals surface area contributed by atoms with E-state index in [1.807, 2.05) is 30.3 Å². The molecule has 1 unspecified atom stereocenters. The van der Waals surface area contributed by atoms with E-state index < -0.39 is 0 Å². The van der Waals surface area contributed by atoms with Gasteiger partial charge in [-0.1, -0.05) is 43.2 Å². The first-order valence-electron chi connectivity index (χ1n) is 10.2. The molecule has 5 rings (SSSR count). The fourth-order valence-electron chi connectivity index (χ4n) is 5.10. The quantitative estimate of drug-likeness (QED) is 0.733. The number of fused-ring (bicyclic) bond motifs is 2. The van der Waals surface area contributed by atoms with E-state index in [1.165, 1.54) is 45.2 Å². The van der Waals surface area contributed by atoms with Gasteiger partial charge in [-0.3, -0.25) is 4.79 Å². The van der Waals surface area contributed by atoms with Crippen LogP contribution >= 0.6 is 11.3 Å². The van der Waals surface area contributed by atoms with Crippen LogP contribution in [0.25, 0.3) is 21.3 Å². The Hall–Kier alpha value is -1.98. The number of hydrogen-bond donors (Lipinski definition) is 2. The van der Waals surface area contributed by atoms with Gasteiger partial charge in [-0.05, 0) is 30.7 Å². The maximum Gasteiger partial charge on any atom is 0.260 e. The van der Waals surface area contributed by atoms with E-state index in [0.717, 1.165) is 45.5 Å². The van der Waals surface area contributed by atoms with Gasteiger partial charge in [0.05, 0.1) is 18.5 Å². The number of benzene rings is 1. The first kappa shape index (κ1) is 17.1. The van der Waals surface area contributed by atoms with E-state index in [1.54, 1.807) is 16.2 Å². The van der Waals surface area contributed by atoms with E-state index in [4.69, 9.17) is 4.98 Å². The molecule has 27 heavy (non-hydrogen) atoms. The Morgan fingerprint density at radius 1 is 1.11 bits per heavy atom. The fraction of sp³-hybridized carbons (Fsp3) is 0.455. The molecular formula is C22H26N3OS+. The average molecular weight is 381 g/mol. The number of aromatic amines is 1. The van der Waals surface area contributed by atoms with Crippen molar-refractivity contribution in [2.45, 2.75) is 38.6 Å². The molecular weight excluding hydrogens is 354 g/mol. The highest BCUT2D eigenvalue weighted by Gasteiger charge is 2.33. The van der Waals surface area contributed by atoms with E-state index in [9.17, 15) is 4.79 Å². The smallest absolute Gasteiger partial charge is 0.260 e. The number of nitrogens with zero attached hydrogens (tertiary/aromatic N) is 1. The predicted octanol–water partition coefficient (Wildman–Crippen LogP) is 3.25. The number of rotatable bonds is 3. The van der Waals surface area contributed by atoms with Crippen molar-refractivity contribution in [1.82, 2.24) is 9.97 Å². The number of piperidine rings is 1. The minimum atomic E-state index is 0.00190. The molecule has 0 spiro atoms. The lowest BCUT2D eigenvalue weighted by atomic mass is 9.75. The summed E-state index contributed by atoms with van der Waals surface area (Å²) in [4.78, 5) is 23.2. The van der Waals surface area contributed by atoms with Gasteiger partial charge in [-0.15, -0.1) is 11.3 Å². The normalized spacial score (nSPS) is 25.4. The average Bonchev–Trinajstić information content (AvgIpc) is 3.13. The van der Waals surface area contributed by atoms with Gasteiger partial charge in [-0.2, -0.15) is 0 Å². The summed E-state index contributed by atoms with van der Waals surface area (Å²) in [6.07, 6.45) is 6.97. The number of nitrogens with one attached hydrogen (secondary N) is 2. The summed E-state index contributed by atoms with van der Waals surface area (Å²) in [5.74, 6) is 2.67. The van der Waals surface area contributed by atoms with Crippen molar-refractivity contribution >= 4 is 21.6 Å². The van der Waals surface area contributed by atoms with Gasteiger partial charge in [0.15, 0.2) is 5.82 Å². The summed E-state index contributed by atoms with van der Waals surface area (Å²) in [7, 11) is 0. The molecule has 5 heteroatoms. The Labute approximate surface area is 163 Å². The SMILES string of the molecule is O=c1[nH]c(C[NH+]2CC[C@@H]3CCCC[C@@H]3C2)nc2scc(-c3ccccc3)c12. The molecule has 2 aliphatic rings. The molecule has 3 atom stereocenters. The molecule has 1 saturated carbocycles. The van der Waals surface area contributed by atoms with E-state index in [2.05, 4.69) is 10.4 Å². The van der Waals surface area contributed by atoms with Crippen LogP contribution in [0.3, 0.4) is 0 Å². The third-order valence-corrected chi connectivity index (χ3v) is 7.35. The highest BCUT2D eigenvalue weighted by atomic mass is 32.1. The molecule has 0 radical (unpaired) electrons. The number of likely N-dealkylation sites (tertiary alicyclic amines) is 1. The second-order valence-electron chi connectivity index (χ2n) is 8.18. The molecule has 2 N–H and O–H groups in total. The third kappa shape index (κ3) is 3.34. The second-order valence-corrected chi connectivity index (χ2v) is 9.04. The zero-order chi connectivity index (χ0) is 18.2. The molecule has 3 heterocycles. The second kappa shape index (κ2) is 7.21. The molecule has 140 valence electrons. The first-order chi connectivity index (χ1) is 13.3. The molecule has 4 nitrogen and oxygen atoms in total. The number of quaternary nitrogens is 1. The van der Waals surface area contributed by atoms with Gasteiger partial charge >= 0.3 is 0 Å². The van der Waals surface area contributed by atoms with Gasteiger partial charge in [-0.25, -0.2) is 4.98 Å². The van der Waals surface area contributed by atoms with Crippen molar-refractivity contribution in [2.24, 2.45) is 11.8 Å². The van der Waals surface area contributed by atoms with Crippen molar-refractivity contribution < 1.29 is 4.90 Å². The Bertz CT molecular complexity index is 994. The highest BCUT2D eigenvalue weighted by Crippen LogP contribution is 2.33. The summed E-state index contributed by atoms with van der Waals surface area (Å²) in [5.41, 5.74) is 2.07. The number of hydrogen-bond acceptors (Lipinski definition) is 3. The monoisotopic (exact) mass is 380 g/mol. The highest BCUT2D eigenvalue weighted by molar-refractivity contribution is 7.17. The fourth-order valence-corrected chi connectivity index (χ4v) is 6.07. The first-order valence-corrected chi connectivity index (χ1v) is 11.1. The van der Waals surface area contributed by atoms with Crippen molar-refractivity contribution in [2.75, 3.05) is 13.1 Å². The minimum Gasteiger partial charge on any atom is -0.328 e. The van der Waals surface area contributed by atoms with Crippen LogP contribution in [-0.2, 0) is 6.54 Å². The van der Waals surface area contributed by atoms with Crippen LogP contribution in [0.4, 0.5) is 0 Å². The van der Waals surface area contributed by atoms with Crippen LogP contribution in [0.2, 0.25) is 0 Å². The van der Waals surface area contributed by atoms with Crippen LogP contribution in [0, 0.1) is 11.8 Å². The Kier molecular flexibility index (Phi) is 4.58. The lowest BCUT2D eigenvalue weighted by Gasteiger charge is -2.38. The van der Waals surface area contributed by atoms with Gasteiger partial charge in [0.25, 0.3) is 5.56 Å². The summed E-state index contributed by atoms with van der Waals surface area (Å²) in [5, 5.41) is 2.79.